The lowest BCUT2D eigenvalue weighted by molar-refractivity contribution is -0.687. The van der Waals surface area contributed by atoms with Crippen molar-refractivity contribution in [2.24, 2.45) is 0 Å². The van der Waals surface area contributed by atoms with Crippen molar-refractivity contribution in [1.29, 1.82) is 0 Å². The summed E-state index contributed by atoms with van der Waals surface area (Å²) >= 11 is 0. The highest BCUT2D eigenvalue weighted by Crippen LogP contribution is 2.29. The van der Waals surface area contributed by atoms with Gasteiger partial charge in [-0.05, 0) is 46.2 Å². The monoisotopic (exact) mass is 529 g/mol. The first-order chi connectivity index (χ1) is 16.9. The van der Waals surface area contributed by atoms with Crippen molar-refractivity contribution in [3.63, 3.8) is 0 Å². The fourth-order valence-corrected chi connectivity index (χ4v) is 4.25. The van der Waals surface area contributed by atoms with Crippen LogP contribution < -0.4 is 32.2 Å². The van der Waals surface area contributed by atoms with Gasteiger partial charge in [0.2, 0.25) is 13.5 Å². The molecule has 0 saturated heterocycles. The molecule has 198 valence electrons. The zero-order valence-electron chi connectivity index (χ0n) is 22.1. The maximum atomic E-state index is 14.6. The average molecular weight is 530 g/mol. The number of rotatable bonds is 6. The highest BCUT2D eigenvalue weighted by atomic mass is 35.5. The Hall–Kier alpha value is -3.32. The predicted octanol–water partition coefficient (Wildman–Crippen LogP) is 3.46. The van der Waals surface area contributed by atoms with Crippen LogP contribution >= 0.6 is 0 Å². The average Bonchev–Trinajstić information content (AvgIpc) is 3.05. The van der Waals surface area contributed by atoms with Gasteiger partial charge in [0.05, 0.1) is 0 Å². The Morgan fingerprint density at radius 1 is 0.784 bits per heavy atom. The van der Waals surface area contributed by atoms with Crippen molar-refractivity contribution < 1.29 is 35.2 Å². The summed E-state index contributed by atoms with van der Waals surface area (Å²) in [5.41, 5.74) is 8.80. The first-order valence-electron chi connectivity index (χ1n) is 12.0. The SMILES string of the molecule is CC(C)(C)c1ccc(OCn2c(N)[n+](COc3ccc(C(C)(C)C)c(F)c3)c3ccccc32)cc1F.[Cl-]. The van der Waals surface area contributed by atoms with Crippen LogP contribution in [-0.2, 0) is 24.3 Å². The van der Waals surface area contributed by atoms with Gasteiger partial charge in [-0.3, -0.25) is 5.73 Å². The van der Waals surface area contributed by atoms with E-state index in [0.717, 1.165) is 11.0 Å². The molecule has 1 aromatic heterocycles. The first kappa shape index (κ1) is 28.3. The molecule has 2 N–H and O–H groups in total. The maximum Gasteiger partial charge on any atom is 0.361 e. The van der Waals surface area contributed by atoms with Crippen LogP contribution in [0.25, 0.3) is 11.0 Å². The highest BCUT2D eigenvalue weighted by Gasteiger charge is 2.23. The second kappa shape index (κ2) is 10.6. The van der Waals surface area contributed by atoms with E-state index < -0.39 is 0 Å². The number of ether oxygens (including phenoxy) is 2. The van der Waals surface area contributed by atoms with Crippen LogP contribution in [0.4, 0.5) is 14.7 Å². The fourth-order valence-electron chi connectivity index (χ4n) is 4.25. The van der Waals surface area contributed by atoms with Gasteiger partial charge in [-0.15, -0.1) is 0 Å². The lowest BCUT2D eigenvalue weighted by Crippen LogP contribution is -3.00. The molecule has 5 nitrogen and oxygen atoms in total. The smallest absolute Gasteiger partial charge is 0.361 e. The number of fused-ring (bicyclic) bond motifs is 1. The van der Waals surface area contributed by atoms with E-state index in [4.69, 9.17) is 15.2 Å². The Morgan fingerprint density at radius 2 is 1.30 bits per heavy atom. The zero-order valence-corrected chi connectivity index (χ0v) is 22.9. The van der Waals surface area contributed by atoms with Crippen LogP contribution in [0, 0.1) is 11.6 Å². The van der Waals surface area contributed by atoms with Gasteiger partial charge in [0.15, 0.2) is 0 Å². The summed E-state index contributed by atoms with van der Waals surface area (Å²) in [6.45, 7) is 12.0. The number of hydrogen-bond acceptors (Lipinski definition) is 3. The Bertz CT molecular complexity index is 1300. The van der Waals surface area contributed by atoms with Crippen molar-refractivity contribution in [1.82, 2.24) is 4.57 Å². The minimum atomic E-state index is -0.307. The molecule has 37 heavy (non-hydrogen) atoms. The number of hydrogen-bond donors (Lipinski definition) is 1. The second-order valence-corrected chi connectivity index (χ2v) is 11.0. The number of nitrogens with two attached hydrogens (primary N) is 1. The van der Waals surface area contributed by atoms with Gasteiger partial charge < -0.3 is 21.9 Å². The van der Waals surface area contributed by atoms with Crippen molar-refractivity contribution in [2.45, 2.75) is 65.8 Å². The first-order valence-corrected chi connectivity index (χ1v) is 12.0. The van der Waals surface area contributed by atoms with Gasteiger partial charge in [0.25, 0.3) is 0 Å². The van der Waals surface area contributed by atoms with Crippen molar-refractivity contribution in [2.75, 3.05) is 5.73 Å². The van der Waals surface area contributed by atoms with Crippen LogP contribution in [0.1, 0.15) is 52.7 Å². The van der Waals surface area contributed by atoms with E-state index in [1.165, 1.54) is 12.1 Å². The fraction of sp³-hybridized carbons (Fsp3) is 0.345. The van der Waals surface area contributed by atoms with Crippen molar-refractivity contribution >= 4 is 17.0 Å². The lowest BCUT2D eigenvalue weighted by Gasteiger charge is -2.20. The molecule has 4 aromatic rings. The molecule has 0 bridgehead atoms. The number of aromatic nitrogens is 2. The third-order valence-electron chi connectivity index (χ3n) is 6.23. The van der Waals surface area contributed by atoms with E-state index in [9.17, 15) is 8.78 Å². The van der Waals surface area contributed by atoms with E-state index >= 15 is 0 Å². The molecule has 8 heteroatoms. The van der Waals surface area contributed by atoms with Crippen molar-refractivity contribution in [3.05, 3.63) is 83.4 Å². The van der Waals surface area contributed by atoms with Gasteiger partial charge in [0, 0.05) is 12.1 Å². The summed E-state index contributed by atoms with van der Waals surface area (Å²) < 4.78 is 44.6. The Morgan fingerprint density at radius 3 is 1.81 bits per heavy atom. The third kappa shape index (κ3) is 5.99. The topological polar surface area (TPSA) is 53.3 Å². The molecule has 0 aliphatic heterocycles. The normalized spacial score (nSPS) is 11.9. The number of imidazole rings is 1. The highest BCUT2D eigenvalue weighted by molar-refractivity contribution is 5.73. The summed E-state index contributed by atoms with van der Waals surface area (Å²) in [5.74, 6) is 0.608. The molecule has 1 heterocycles. The number of benzene rings is 3. The Kier molecular flexibility index (Phi) is 8.08. The molecule has 0 amide bonds. The minimum absolute atomic E-state index is 0. The van der Waals surface area contributed by atoms with Crippen molar-refractivity contribution in [3.8, 4) is 11.5 Å². The molecule has 0 aliphatic rings. The number of anilines is 1. The van der Waals surface area contributed by atoms with Gasteiger partial charge in [-0.25, -0.2) is 8.78 Å². The molecule has 0 radical (unpaired) electrons. The van der Waals surface area contributed by atoms with E-state index in [2.05, 4.69) is 0 Å². The van der Waals surface area contributed by atoms with E-state index in [1.807, 2.05) is 65.8 Å². The predicted molar refractivity (Wildman–Crippen MR) is 138 cm³/mol. The van der Waals surface area contributed by atoms with Gasteiger partial charge in [0.1, 0.15) is 34.2 Å². The number of para-hydroxylation sites is 2. The molecule has 0 aliphatic carbocycles. The van der Waals surface area contributed by atoms with Crippen LogP contribution in [-0.4, -0.2) is 4.57 Å². The van der Waals surface area contributed by atoms with E-state index in [-0.39, 0.29) is 48.3 Å². The Balaban J connectivity index is 0.00000380. The summed E-state index contributed by atoms with van der Waals surface area (Å²) in [7, 11) is 0. The maximum absolute atomic E-state index is 14.6. The molecule has 0 atom stereocenters. The Labute approximate surface area is 223 Å². The standard InChI is InChI=1S/C29H33F2N3O2.ClH/c1-28(2,3)21-13-11-19(15-23(21)30)35-17-33-25-9-7-8-10-26(25)34(27(33)32)18-36-20-12-14-22(24(31)16-20)29(4,5)6;/h7-16,32H,17-18H2,1-6H3;1H. The minimum Gasteiger partial charge on any atom is -1.00 e. The molecule has 0 spiro atoms. The molecule has 0 saturated carbocycles. The quantitative estimate of drug-likeness (QED) is 0.389. The number of halogens is 3. The number of nitrogens with zero attached hydrogens (tertiary/aromatic N) is 2. The third-order valence-corrected chi connectivity index (χ3v) is 6.23. The summed E-state index contributed by atoms with van der Waals surface area (Å²) in [6.07, 6.45) is 0. The summed E-state index contributed by atoms with van der Waals surface area (Å²) in [6, 6.07) is 17.5. The summed E-state index contributed by atoms with van der Waals surface area (Å²) in [5, 5.41) is 0. The second-order valence-electron chi connectivity index (χ2n) is 11.0. The molecule has 4 rings (SSSR count). The summed E-state index contributed by atoms with van der Waals surface area (Å²) in [4.78, 5) is 0. The van der Waals surface area contributed by atoms with Gasteiger partial charge in [-0.1, -0.05) is 65.8 Å². The van der Waals surface area contributed by atoms with Gasteiger partial charge >= 0.3 is 5.95 Å². The van der Waals surface area contributed by atoms with Crippen LogP contribution in [0.15, 0.2) is 60.7 Å². The molecular weight excluding hydrogens is 496 g/mol. The van der Waals surface area contributed by atoms with Crippen LogP contribution in [0.2, 0.25) is 0 Å². The van der Waals surface area contributed by atoms with Crippen LogP contribution in [0.3, 0.4) is 0 Å². The molecule has 3 aromatic carbocycles. The van der Waals surface area contributed by atoms with Gasteiger partial charge in [-0.2, -0.15) is 9.13 Å². The van der Waals surface area contributed by atoms with E-state index in [0.29, 0.717) is 28.6 Å². The molecule has 0 unspecified atom stereocenters. The van der Waals surface area contributed by atoms with Crippen LogP contribution in [0.5, 0.6) is 11.5 Å². The molecule has 0 fully saturated rings. The van der Waals surface area contributed by atoms with E-state index in [1.54, 1.807) is 33.4 Å². The molecular formula is C29H34ClF2N3O2. The largest absolute Gasteiger partial charge is 1.00 e. The lowest BCUT2D eigenvalue weighted by atomic mass is 9.86. The zero-order chi connectivity index (χ0) is 26.3. The number of nitrogen functional groups attached to an aromatic ring is 1.